The zero-order valence-corrected chi connectivity index (χ0v) is 9.63. The minimum Gasteiger partial charge on any atom is -0.377 e. The first-order valence-corrected chi connectivity index (χ1v) is 6.42. The Labute approximate surface area is 96.1 Å². The quantitative estimate of drug-likeness (QED) is 0.724. The van der Waals surface area contributed by atoms with E-state index in [9.17, 15) is 4.79 Å². The van der Waals surface area contributed by atoms with E-state index in [2.05, 4.69) is 10.6 Å². The van der Waals surface area contributed by atoms with Crippen molar-refractivity contribution < 1.29 is 9.53 Å². The van der Waals surface area contributed by atoms with Gasteiger partial charge in [0.1, 0.15) is 0 Å². The fraction of sp³-hybridized carbons (Fsp3) is 0.917. The lowest BCUT2D eigenvalue weighted by Crippen LogP contribution is -2.56. The lowest BCUT2D eigenvalue weighted by atomic mass is 9.76. The summed E-state index contributed by atoms with van der Waals surface area (Å²) in [6, 6.07) is 0. The van der Waals surface area contributed by atoms with E-state index in [1.807, 2.05) is 0 Å². The Morgan fingerprint density at radius 3 is 3.12 bits per heavy atom. The van der Waals surface area contributed by atoms with Gasteiger partial charge in [0.05, 0.1) is 11.5 Å². The van der Waals surface area contributed by atoms with Gasteiger partial charge in [0, 0.05) is 19.7 Å². The van der Waals surface area contributed by atoms with Crippen molar-refractivity contribution in [3.63, 3.8) is 0 Å². The van der Waals surface area contributed by atoms with E-state index in [0.717, 1.165) is 45.0 Å². The molecule has 0 aromatic rings. The summed E-state index contributed by atoms with van der Waals surface area (Å²) >= 11 is 0. The van der Waals surface area contributed by atoms with Gasteiger partial charge in [0.2, 0.25) is 5.91 Å². The molecule has 3 fully saturated rings. The molecule has 3 aliphatic rings. The van der Waals surface area contributed by atoms with Crippen LogP contribution in [-0.4, -0.2) is 38.3 Å². The molecule has 0 aromatic carbocycles. The summed E-state index contributed by atoms with van der Waals surface area (Å²) in [5.41, 5.74) is -0.271. The maximum atomic E-state index is 12.3. The monoisotopic (exact) mass is 224 g/mol. The maximum absolute atomic E-state index is 12.3. The van der Waals surface area contributed by atoms with Gasteiger partial charge in [-0.3, -0.25) is 4.79 Å². The van der Waals surface area contributed by atoms with Crippen molar-refractivity contribution in [2.45, 2.75) is 31.8 Å². The predicted octanol–water partition coefficient (Wildman–Crippen LogP) is 0.281. The normalized spacial score (nSPS) is 38.1. The molecule has 4 nitrogen and oxygen atoms in total. The highest BCUT2D eigenvalue weighted by atomic mass is 16.5. The van der Waals surface area contributed by atoms with Gasteiger partial charge in [-0.05, 0) is 38.1 Å². The van der Waals surface area contributed by atoms with Crippen molar-refractivity contribution in [1.29, 1.82) is 0 Å². The van der Waals surface area contributed by atoms with Crippen molar-refractivity contribution >= 4 is 5.91 Å². The third kappa shape index (κ3) is 1.74. The number of carbonyl (C=O) groups excluding carboxylic acids is 1. The van der Waals surface area contributed by atoms with Gasteiger partial charge in [-0.1, -0.05) is 0 Å². The Bertz CT molecular complexity index is 291. The number of nitrogens with one attached hydrogen (secondary N) is 2. The average Bonchev–Trinajstić information content (AvgIpc) is 3.03. The van der Waals surface area contributed by atoms with E-state index in [1.165, 1.54) is 12.8 Å². The summed E-state index contributed by atoms with van der Waals surface area (Å²) in [6.45, 7) is 3.37. The maximum Gasteiger partial charge on any atom is 0.230 e. The minimum atomic E-state index is -0.271. The van der Waals surface area contributed by atoms with Crippen LogP contribution in [0, 0.1) is 11.3 Å². The number of fused-ring (bicyclic) bond motifs is 1. The molecular formula is C12H20N2O2. The molecule has 0 bridgehead atoms. The second-order valence-electron chi connectivity index (χ2n) is 5.38. The molecule has 2 heterocycles. The van der Waals surface area contributed by atoms with Crippen molar-refractivity contribution in [2.75, 3.05) is 26.2 Å². The average molecular weight is 224 g/mol. The fourth-order valence-electron chi connectivity index (χ4n) is 2.89. The molecule has 0 spiro atoms. The Kier molecular flexibility index (Phi) is 2.64. The first-order valence-electron chi connectivity index (χ1n) is 6.42. The SMILES string of the molecule is O=C(NCC1CC1)[C@@]12CCO[C@@H]1CCNC2. The molecule has 16 heavy (non-hydrogen) atoms. The van der Waals surface area contributed by atoms with Gasteiger partial charge in [-0.25, -0.2) is 0 Å². The largest absolute Gasteiger partial charge is 0.377 e. The van der Waals surface area contributed by atoms with Crippen molar-refractivity contribution in [3.05, 3.63) is 0 Å². The van der Waals surface area contributed by atoms with Gasteiger partial charge in [-0.2, -0.15) is 0 Å². The molecule has 0 unspecified atom stereocenters. The lowest BCUT2D eigenvalue weighted by molar-refractivity contribution is -0.135. The zero-order chi connectivity index (χ0) is 11.0. The molecule has 0 aromatic heterocycles. The minimum absolute atomic E-state index is 0.146. The first-order chi connectivity index (χ1) is 7.81. The predicted molar refractivity (Wildman–Crippen MR) is 60.0 cm³/mol. The van der Waals surface area contributed by atoms with Crippen LogP contribution in [0.5, 0.6) is 0 Å². The smallest absolute Gasteiger partial charge is 0.230 e. The van der Waals surface area contributed by atoms with Crippen LogP contribution in [0.15, 0.2) is 0 Å². The van der Waals surface area contributed by atoms with Gasteiger partial charge in [-0.15, -0.1) is 0 Å². The van der Waals surface area contributed by atoms with Crippen molar-refractivity contribution in [3.8, 4) is 0 Å². The number of hydrogen-bond acceptors (Lipinski definition) is 3. The van der Waals surface area contributed by atoms with Crippen LogP contribution in [0.25, 0.3) is 0 Å². The summed E-state index contributed by atoms with van der Waals surface area (Å²) in [5.74, 6) is 0.965. The molecule has 4 heteroatoms. The summed E-state index contributed by atoms with van der Waals surface area (Å²) in [4.78, 5) is 12.3. The second kappa shape index (κ2) is 4.00. The zero-order valence-electron chi connectivity index (χ0n) is 9.63. The molecule has 2 atom stereocenters. The highest BCUT2D eigenvalue weighted by molar-refractivity contribution is 5.84. The van der Waals surface area contributed by atoms with Gasteiger partial charge >= 0.3 is 0 Å². The molecule has 1 aliphatic carbocycles. The standard InChI is InChI=1S/C12H20N2O2/c15-11(14-7-9-1-2-9)12-4-6-16-10(12)3-5-13-8-12/h9-10,13H,1-8H2,(H,14,15)/t10-,12-/m1/s1. The Morgan fingerprint density at radius 1 is 1.44 bits per heavy atom. The number of rotatable bonds is 3. The number of piperidine rings is 1. The Balaban J connectivity index is 1.66. The lowest BCUT2D eigenvalue weighted by Gasteiger charge is -2.36. The van der Waals surface area contributed by atoms with Crippen LogP contribution >= 0.6 is 0 Å². The van der Waals surface area contributed by atoms with Gasteiger partial charge < -0.3 is 15.4 Å². The Morgan fingerprint density at radius 2 is 2.31 bits per heavy atom. The highest BCUT2D eigenvalue weighted by Gasteiger charge is 2.51. The number of carbonyl (C=O) groups is 1. The molecule has 2 aliphatic heterocycles. The van der Waals surface area contributed by atoms with Gasteiger partial charge in [0.25, 0.3) is 0 Å². The summed E-state index contributed by atoms with van der Waals surface area (Å²) in [5, 5.41) is 6.46. The summed E-state index contributed by atoms with van der Waals surface area (Å²) < 4.78 is 5.70. The summed E-state index contributed by atoms with van der Waals surface area (Å²) in [6.07, 6.45) is 4.56. The van der Waals surface area contributed by atoms with E-state index >= 15 is 0 Å². The molecule has 1 saturated carbocycles. The topological polar surface area (TPSA) is 50.4 Å². The molecule has 0 radical (unpaired) electrons. The van der Waals surface area contributed by atoms with E-state index in [1.54, 1.807) is 0 Å². The number of ether oxygens (including phenoxy) is 1. The van der Waals surface area contributed by atoms with Crippen molar-refractivity contribution in [2.24, 2.45) is 11.3 Å². The van der Waals surface area contributed by atoms with Crippen LogP contribution in [-0.2, 0) is 9.53 Å². The number of amides is 1. The third-order valence-electron chi connectivity index (χ3n) is 4.21. The van der Waals surface area contributed by atoms with E-state index in [-0.39, 0.29) is 17.4 Å². The molecular weight excluding hydrogens is 204 g/mol. The van der Waals surface area contributed by atoms with Crippen LogP contribution in [0.2, 0.25) is 0 Å². The molecule has 1 amide bonds. The van der Waals surface area contributed by atoms with E-state index < -0.39 is 0 Å². The van der Waals surface area contributed by atoms with Crippen LogP contribution in [0.1, 0.15) is 25.7 Å². The Hall–Kier alpha value is -0.610. The van der Waals surface area contributed by atoms with Crippen molar-refractivity contribution in [1.82, 2.24) is 10.6 Å². The molecule has 2 N–H and O–H groups in total. The number of hydrogen-bond donors (Lipinski definition) is 2. The van der Waals surface area contributed by atoms with E-state index in [0.29, 0.717) is 0 Å². The molecule has 3 rings (SSSR count). The van der Waals surface area contributed by atoms with E-state index in [4.69, 9.17) is 4.74 Å². The summed E-state index contributed by atoms with van der Waals surface area (Å²) in [7, 11) is 0. The van der Waals surface area contributed by atoms with Crippen LogP contribution < -0.4 is 10.6 Å². The molecule has 90 valence electrons. The highest BCUT2D eigenvalue weighted by Crippen LogP contribution is 2.39. The second-order valence-corrected chi connectivity index (χ2v) is 5.38. The first kappa shape index (κ1) is 10.5. The fourth-order valence-corrected chi connectivity index (χ4v) is 2.89. The van der Waals surface area contributed by atoms with Crippen LogP contribution in [0.4, 0.5) is 0 Å². The van der Waals surface area contributed by atoms with Gasteiger partial charge in [0.15, 0.2) is 0 Å². The molecule has 2 saturated heterocycles. The van der Waals surface area contributed by atoms with Crippen LogP contribution in [0.3, 0.4) is 0 Å². The third-order valence-corrected chi connectivity index (χ3v) is 4.21.